The van der Waals surface area contributed by atoms with E-state index in [0.717, 1.165) is 4.90 Å². The van der Waals surface area contributed by atoms with Gasteiger partial charge in [-0.15, -0.1) is 11.8 Å². The molecule has 5 nitrogen and oxygen atoms in total. The van der Waals surface area contributed by atoms with Crippen LogP contribution in [0.15, 0.2) is 29.2 Å². The molecule has 0 bridgehead atoms. The second-order valence-electron chi connectivity index (χ2n) is 3.80. The average Bonchev–Trinajstić information content (AvgIpc) is 2.35. The van der Waals surface area contributed by atoms with Crippen LogP contribution in [-0.4, -0.2) is 39.1 Å². The maximum atomic E-state index is 12.0. The van der Waals surface area contributed by atoms with Crippen LogP contribution >= 0.6 is 11.8 Å². The van der Waals surface area contributed by atoms with Gasteiger partial charge in [-0.2, -0.15) is 12.7 Å². The molecule has 0 heterocycles. The molecule has 18 heavy (non-hydrogen) atoms. The molecule has 0 saturated carbocycles. The van der Waals surface area contributed by atoms with Crippen LogP contribution in [0.4, 0.5) is 5.69 Å². The number of hydrogen-bond acceptors (Lipinski definition) is 4. The highest BCUT2D eigenvalue weighted by Gasteiger charge is 2.16. The first-order valence-corrected chi connectivity index (χ1v) is 8.24. The smallest absolute Gasteiger partial charge is 0.301 e. The average molecular weight is 289 g/mol. The van der Waals surface area contributed by atoms with Gasteiger partial charge in [-0.25, -0.2) is 0 Å². The van der Waals surface area contributed by atoms with Crippen LogP contribution in [0.25, 0.3) is 0 Å². The third-order valence-electron chi connectivity index (χ3n) is 2.40. The topological polar surface area (TPSA) is 75.4 Å². The molecule has 0 aliphatic heterocycles. The van der Waals surface area contributed by atoms with Crippen LogP contribution in [0.3, 0.4) is 0 Å². The Labute approximate surface area is 113 Å². The molecule has 0 saturated heterocycles. The monoisotopic (exact) mass is 289 g/mol. The molecule has 0 aliphatic rings. The molecule has 3 N–H and O–H groups in total. The number of rotatable bonds is 7. The van der Waals surface area contributed by atoms with Gasteiger partial charge >= 0.3 is 10.2 Å². The lowest BCUT2D eigenvalue weighted by Gasteiger charge is -2.18. The van der Waals surface area contributed by atoms with E-state index in [1.165, 1.54) is 11.4 Å². The van der Waals surface area contributed by atoms with Crippen LogP contribution in [0, 0.1) is 0 Å². The van der Waals surface area contributed by atoms with E-state index in [-0.39, 0.29) is 0 Å². The van der Waals surface area contributed by atoms with Crippen molar-refractivity contribution in [3.63, 3.8) is 0 Å². The summed E-state index contributed by atoms with van der Waals surface area (Å²) in [5.74, 6) is 0. The summed E-state index contributed by atoms with van der Waals surface area (Å²) in [6, 6.07) is 7.29. The summed E-state index contributed by atoms with van der Waals surface area (Å²) >= 11 is 1.57. The highest BCUT2D eigenvalue weighted by atomic mass is 32.2. The normalized spacial score (nSPS) is 11.8. The van der Waals surface area contributed by atoms with Gasteiger partial charge in [0.2, 0.25) is 0 Å². The quantitative estimate of drug-likeness (QED) is 0.743. The number of nitrogens with two attached hydrogens (primary N) is 1. The Morgan fingerprint density at radius 3 is 2.78 bits per heavy atom. The van der Waals surface area contributed by atoms with E-state index in [9.17, 15) is 8.42 Å². The molecule has 0 aliphatic carbocycles. The Morgan fingerprint density at radius 1 is 1.44 bits per heavy atom. The SMILES string of the molecule is CSc1cccc(NS(=O)(=O)N(C)CCCN)c1. The van der Waals surface area contributed by atoms with E-state index >= 15 is 0 Å². The van der Waals surface area contributed by atoms with Gasteiger partial charge in [0.05, 0.1) is 5.69 Å². The fourth-order valence-corrected chi connectivity index (χ4v) is 2.76. The van der Waals surface area contributed by atoms with Gasteiger partial charge in [0.1, 0.15) is 0 Å². The predicted octanol–water partition coefficient (Wildman–Crippen LogP) is 1.35. The summed E-state index contributed by atoms with van der Waals surface area (Å²) < 4.78 is 27.8. The molecule has 0 fully saturated rings. The van der Waals surface area contributed by atoms with Gasteiger partial charge in [-0.1, -0.05) is 6.07 Å². The van der Waals surface area contributed by atoms with E-state index in [0.29, 0.717) is 25.2 Å². The lowest BCUT2D eigenvalue weighted by atomic mass is 10.3. The van der Waals surface area contributed by atoms with Crippen molar-refractivity contribution >= 4 is 27.7 Å². The van der Waals surface area contributed by atoms with Crippen molar-refractivity contribution in [2.75, 3.05) is 31.1 Å². The molecule has 102 valence electrons. The number of benzene rings is 1. The lowest BCUT2D eigenvalue weighted by molar-refractivity contribution is 0.468. The predicted molar refractivity (Wildman–Crippen MR) is 77.1 cm³/mol. The van der Waals surface area contributed by atoms with Crippen molar-refractivity contribution in [3.05, 3.63) is 24.3 Å². The second kappa shape index (κ2) is 6.98. The molecule has 0 spiro atoms. The Kier molecular flexibility index (Phi) is 5.94. The van der Waals surface area contributed by atoms with Crippen molar-refractivity contribution in [3.8, 4) is 0 Å². The van der Waals surface area contributed by atoms with Gasteiger partial charge in [-0.3, -0.25) is 4.72 Å². The second-order valence-corrected chi connectivity index (χ2v) is 6.46. The summed E-state index contributed by atoms with van der Waals surface area (Å²) in [5, 5.41) is 0. The summed E-state index contributed by atoms with van der Waals surface area (Å²) in [7, 11) is -1.95. The summed E-state index contributed by atoms with van der Waals surface area (Å²) in [4.78, 5) is 1.01. The molecule has 0 unspecified atom stereocenters. The van der Waals surface area contributed by atoms with E-state index in [4.69, 9.17) is 5.73 Å². The van der Waals surface area contributed by atoms with Crippen molar-refractivity contribution in [2.45, 2.75) is 11.3 Å². The zero-order valence-electron chi connectivity index (χ0n) is 10.6. The van der Waals surface area contributed by atoms with Gasteiger partial charge in [-0.05, 0) is 37.4 Å². The van der Waals surface area contributed by atoms with Gasteiger partial charge in [0.15, 0.2) is 0 Å². The zero-order chi connectivity index (χ0) is 13.6. The molecule has 7 heteroatoms. The lowest BCUT2D eigenvalue weighted by Crippen LogP contribution is -2.34. The van der Waals surface area contributed by atoms with E-state index < -0.39 is 10.2 Å². The Bertz CT molecular complexity index is 477. The molecule has 0 amide bonds. The molecule has 0 atom stereocenters. The van der Waals surface area contributed by atoms with Crippen LogP contribution in [0.1, 0.15) is 6.42 Å². The van der Waals surface area contributed by atoms with Crippen LogP contribution < -0.4 is 10.5 Å². The molecular formula is C11H19N3O2S2. The standard InChI is InChI=1S/C11H19N3O2S2/c1-14(8-4-7-12)18(15,16)13-10-5-3-6-11(9-10)17-2/h3,5-6,9,13H,4,7-8,12H2,1-2H3. The number of thioether (sulfide) groups is 1. The van der Waals surface area contributed by atoms with Crippen LogP contribution in [-0.2, 0) is 10.2 Å². The molecule has 0 aromatic heterocycles. The number of nitrogens with one attached hydrogen (secondary N) is 1. The highest BCUT2D eigenvalue weighted by molar-refractivity contribution is 7.98. The van der Waals surface area contributed by atoms with Crippen molar-refractivity contribution in [1.82, 2.24) is 4.31 Å². The van der Waals surface area contributed by atoms with Crippen molar-refractivity contribution in [2.24, 2.45) is 5.73 Å². The Hall–Kier alpha value is -0.760. The molecule has 1 rings (SSSR count). The third-order valence-corrected chi connectivity index (χ3v) is 4.63. The first-order valence-electron chi connectivity index (χ1n) is 5.58. The summed E-state index contributed by atoms with van der Waals surface area (Å²) in [5.41, 5.74) is 5.94. The fourth-order valence-electron chi connectivity index (χ4n) is 1.35. The number of anilines is 1. The Balaban J connectivity index is 2.75. The van der Waals surface area contributed by atoms with Crippen molar-refractivity contribution < 1.29 is 8.42 Å². The van der Waals surface area contributed by atoms with Crippen LogP contribution in [0.2, 0.25) is 0 Å². The van der Waals surface area contributed by atoms with Gasteiger partial charge < -0.3 is 5.73 Å². The Morgan fingerprint density at radius 2 is 2.17 bits per heavy atom. The minimum atomic E-state index is -3.49. The molecule has 0 radical (unpaired) electrons. The highest BCUT2D eigenvalue weighted by Crippen LogP contribution is 2.20. The fraction of sp³-hybridized carbons (Fsp3) is 0.455. The molecular weight excluding hydrogens is 270 g/mol. The minimum Gasteiger partial charge on any atom is -0.330 e. The maximum Gasteiger partial charge on any atom is 0.301 e. The maximum absolute atomic E-state index is 12.0. The summed E-state index contributed by atoms with van der Waals surface area (Å²) in [6.07, 6.45) is 2.59. The molecule has 1 aromatic carbocycles. The van der Waals surface area contributed by atoms with E-state index in [1.54, 1.807) is 23.9 Å². The first-order chi connectivity index (χ1) is 8.49. The number of hydrogen-bond donors (Lipinski definition) is 2. The largest absolute Gasteiger partial charge is 0.330 e. The zero-order valence-corrected chi connectivity index (χ0v) is 12.2. The van der Waals surface area contributed by atoms with Crippen molar-refractivity contribution in [1.29, 1.82) is 0 Å². The van der Waals surface area contributed by atoms with Crippen LogP contribution in [0.5, 0.6) is 0 Å². The number of nitrogens with zero attached hydrogens (tertiary/aromatic N) is 1. The van der Waals surface area contributed by atoms with Gasteiger partial charge in [0, 0.05) is 18.5 Å². The van der Waals surface area contributed by atoms with E-state index in [1.807, 2.05) is 18.4 Å². The third kappa shape index (κ3) is 4.49. The molecule has 1 aromatic rings. The van der Waals surface area contributed by atoms with Gasteiger partial charge in [0.25, 0.3) is 0 Å². The van der Waals surface area contributed by atoms with E-state index in [2.05, 4.69) is 4.72 Å². The first kappa shape index (κ1) is 15.3. The summed E-state index contributed by atoms with van der Waals surface area (Å²) in [6.45, 7) is 0.885. The minimum absolute atomic E-state index is 0.411.